The summed E-state index contributed by atoms with van der Waals surface area (Å²) in [5, 5.41) is 3.15. The van der Waals surface area contributed by atoms with Crippen molar-refractivity contribution >= 4 is 5.69 Å². The molecule has 0 unspecified atom stereocenters. The van der Waals surface area contributed by atoms with E-state index in [4.69, 9.17) is 9.47 Å². The van der Waals surface area contributed by atoms with Gasteiger partial charge in [-0.3, -0.25) is 0 Å². The molecule has 19 heavy (non-hydrogen) atoms. The number of nitrogens with one attached hydrogen (secondary N) is 1. The first-order valence-corrected chi connectivity index (χ1v) is 6.05. The Labute approximate surface area is 112 Å². The maximum Gasteiger partial charge on any atom is 0.161 e. The molecule has 0 atom stereocenters. The first-order valence-electron chi connectivity index (χ1n) is 6.05. The van der Waals surface area contributed by atoms with E-state index in [9.17, 15) is 4.39 Å². The lowest BCUT2D eigenvalue weighted by molar-refractivity contribution is 0.306. The Hall–Kier alpha value is -2.23. The van der Waals surface area contributed by atoms with E-state index in [1.165, 1.54) is 12.1 Å². The number of benzene rings is 2. The van der Waals surface area contributed by atoms with Gasteiger partial charge in [-0.25, -0.2) is 4.39 Å². The highest BCUT2D eigenvalue weighted by molar-refractivity contribution is 5.43. The monoisotopic (exact) mass is 261 g/mol. The molecule has 0 bridgehead atoms. The smallest absolute Gasteiger partial charge is 0.161 e. The molecule has 0 saturated heterocycles. The average Bonchev–Trinajstić information content (AvgIpc) is 2.46. The van der Waals surface area contributed by atoms with Gasteiger partial charge in [0, 0.05) is 12.2 Å². The predicted molar refractivity (Wildman–Crippen MR) is 73.4 cm³/mol. The van der Waals surface area contributed by atoms with Crippen LogP contribution in [0.5, 0.6) is 11.5 Å². The van der Waals surface area contributed by atoms with Crippen LogP contribution in [0.3, 0.4) is 0 Å². The van der Waals surface area contributed by atoms with Crippen molar-refractivity contribution in [2.45, 2.75) is 0 Å². The fraction of sp³-hybridized carbons (Fsp3) is 0.200. The second-order valence-corrected chi connectivity index (χ2v) is 3.93. The molecule has 0 amide bonds. The van der Waals surface area contributed by atoms with Crippen LogP contribution in [0.25, 0.3) is 0 Å². The number of halogens is 1. The normalized spacial score (nSPS) is 10.0. The summed E-state index contributed by atoms with van der Waals surface area (Å²) in [5.74, 6) is 1.19. The fourth-order valence-corrected chi connectivity index (χ4v) is 1.66. The second-order valence-electron chi connectivity index (χ2n) is 3.93. The molecule has 0 saturated carbocycles. The molecular formula is C15H16FNO2. The van der Waals surface area contributed by atoms with Crippen molar-refractivity contribution in [1.82, 2.24) is 0 Å². The average molecular weight is 261 g/mol. The molecule has 0 heterocycles. The summed E-state index contributed by atoms with van der Waals surface area (Å²) in [7, 11) is 1.61. The van der Waals surface area contributed by atoms with Gasteiger partial charge in [0.25, 0.3) is 0 Å². The lowest BCUT2D eigenvalue weighted by Gasteiger charge is -2.11. The number of para-hydroxylation sites is 2. The van der Waals surface area contributed by atoms with Crippen LogP contribution in [0.2, 0.25) is 0 Å². The predicted octanol–water partition coefficient (Wildman–Crippen LogP) is 3.33. The number of hydrogen-bond donors (Lipinski definition) is 1. The molecule has 0 aromatic heterocycles. The van der Waals surface area contributed by atoms with Crippen LogP contribution in [0, 0.1) is 5.82 Å². The number of hydrogen-bond acceptors (Lipinski definition) is 3. The van der Waals surface area contributed by atoms with E-state index >= 15 is 0 Å². The minimum absolute atomic E-state index is 0.240. The molecule has 0 aliphatic carbocycles. The van der Waals surface area contributed by atoms with Gasteiger partial charge in [-0.15, -0.1) is 0 Å². The lowest BCUT2D eigenvalue weighted by atomic mass is 10.3. The molecular weight excluding hydrogens is 245 g/mol. The molecule has 2 aromatic rings. The summed E-state index contributed by atoms with van der Waals surface area (Å²) in [5.41, 5.74) is 0.866. The third-order valence-electron chi connectivity index (χ3n) is 2.60. The van der Waals surface area contributed by atoms with Crippen molar-refractivity contribution in [3.63, 3.8) is 0 Å². The molecule has 0 aliphatic rings. The van der Waals surface area contributed by atoms with Crippen LogP contribution in [0.15, 0.2) is 48.5 Å². The minimum atomic E-state index is -0.240. The van der Waals surface area contributed by atoms with Crippen molar-refractivity contribution < 1.29 is 13.9 Å². The third-order valence-corrected chi connectivity index (χ3v) is 2.60. The molecule has 3 nitrogen and oxygen atoms in total. The Bertz CT molecular complexity index is 514. The van der Waals surface area contributed by atoms with E-state index in [-0.39, 0.29) is 5.82 Å². The minimum Gasteiger partial charge on any atom is -0.493 e. The highest BCUT2D eigenvalue weighted by Crippen LogP contribution is 2.25. The zero-order valence-corrected chi connectivity index (χ0v) is 10.7. The van der Waals surface area contributed by atoms with Crippen molar-refractivity contribution in [1.29, 1.82) is 0 Å². The lowest BCUT2D eigenvalue weighted by Crippen LogP contribution is -2.11. The van der Waals surface area contributed by atoms with Gasteiger partial charge in [0.1, 0.15) is 12.4 Å². The summed E-state index contributed by atoms with van der Waals surface area (Å²) in [4.78, 5) is 0. The Morgan fingerprint density at radius 1 is 1.00 bits per heavy atom. The molecule has 0 radical (unpaired) electrons. The Balaban J connectivity index is 1.79. The van der Waals surface area contributed by atoms with Crippen LogP contribution in [-0.2, 0) is 0 Å². The number of ether oxygens (including phenoxy) is 2. The molecule has 0 spiro atoms. The number of rotatable bonds is 6. The standard InChI is InChI=1S/C15H16FNO2/c1-18-14-4-2-3-5-15(14)19-11-10-17-13-8-6-12(16)7-9-13/h2-9,17H,10-11H2,1H3. The van der Waals surface area contributed by atoms with Crippen LogP contribution < -0.4 is 14.8 Å². The first-order chi connectivity index (χ1) is 9.29. The quantitative estimate of drug-likeness (QED) is 0.809. The maximum absolute atomic E-state index is 12.7. The Kier molecular flexibility index (Phi) is 4.61. The Morgan fingerprint density at radius 3 is 2.37 bits per heavy atom. The van der Waals surface area contributed by atoms with E-state index in [0.717, 1.165) is 5.69 Å². The van der Waals surface area contributed by atoms with E-state index in [1.807, 2.05) is 24.3 Å². The molecule has 2 rings (SSSR count). The van der Waals surface area contributed by atoms with Gasteiger partial charge < -0.3 is 14.8 Å². The van der Waals surface area contributed by atoms with Crippen molar-refractivity contribution in [3.05, 3.63) is 54.3 Å². The van der Waals surface area contributed by atoms with Crippen LogP contribution in [0.1, 0.15) is 0 Å². The molecule has 1 N–H and O–H groups in total. The first kappa shape index (κ1) is 13.2. The largest absolute Gasteiger partial charge is 0.493 e. The van der Waals surface area contributed by atoms with Gasteiger partial charge in [-0.05, 0) is 36.4 Å². The molecule has 4 heteroatoms. The van der Waals surface area contributed by atoms with E-state index in [0.29, 0.717) is 24.7 Å². The van der Waals surface area contributed by atoms with Gasteiger partial charge in [-0.1, -0.05) is 12.1 Å². The maximum atomic E-state index is 12.7. The van der Waals surface area contributed by atoms with Crippen LogP contribution in [-0.4, -0.2) is 20.3 Å². The van der Waals surface area contributed by atoms with Crippen molar-refractivity contribution in [2.24, 2.45) is 0 Å². The molecule has 0 aliphatic heterocycles. The number of methoxy groups -OCH3 is 1. The zero-order valence-electron chi connectivity index (χ0n) is 10.7. The van der Waals surface area contributed by atoms with E-state index in [1.54, 1.807) is 19.2 Å². The molecule has 0 fully saturated rings. The van der Waals surface area contributed by atoms with Gasteiger partial charge in [0.2, 0.25) is 0 Å². The van der Waals surface area contributed by atoms with Gasteiger partial charge in [0.15, 0.2) is 11.5 Å². The second kappa shape index (κ2) is 6.64. The molecule has 100 valence electrons. The zero-order chi connectivity index (χ0) is 13.5. The number of anilines is 1. The summed E-state index contributed by atoms with van der Waals surface area (Å²) in [6, 6.07) is 13.7. The fourth-order valence-electron chi connectivity index (χ4n) is 1.66. The highest BCUT2D eigenvalue weighted by Gasteiger charge is 2.01. The summed E-state index contributed by atoms with van der Waals surface area (Å²) < 4.78 is 23.5. The van der Waals surface area contributed by atoms with Gasteiger partial charge in [0.05, 0.1) is 7.11 Å². The highest BCUT2D eigenvalue weighted by atomic mass is 19.1. The topological polar surface area (TPSA) is 30.5 Å². The van der Waals surface area contributed by atoms with Crippen LogP contribution in [0.4, 0.5) is 10.1 Å². The van der Waals surface area contributed by atoms with E-state index < -0.39 is 0 Å². The van der Waals surface area contributed by atoms with Gasteiger partial charge >= 0.3 is 0 Å². The summed E-state index contributed by atoms with van der Waals surface area (Å²) in [6.45, 7) is 1.13. The molecule has 2 aromatic carbocycles. The third kappa shape index (κ3) is 3.88. The SMILES string of the molecule is COc1ccccc1OCCNc1ccc(F)cc1. The van der Waals surface area contributed by atoms with Crippen molar-refractivity contribution in [3.8, 4) is 11.5 Å². The summed E-state index contributed by atoms with van der Waals surface area (Å²) in [6.07, 6.45) is 0. The Morgan fingerprint density at radius 2 is 1.68 bits per heavy atom. The summed E-state index contributed by atoms with van der Waals surface area (Å²) >= 11 is 0. The van der Waals surface area contributed by atoms with Crippen molar-refractivity contribution in [2.75, 3.05) is 25.6 Å². The van der Waals surface area contributed by atoms with Gasteiger partial charge in [-0.2, -0.15) is 0 Å². The van der Waals surface area contributed by atoms with Crippen LogP contribution >= 0.6 is 0 Å². The van der Waals surface area contributed by atoms with E-state index in [2.05, 4.69) is 5.32 Å².